The Balaban J connectivity index is 1.62. The van der Waals surface area contributed by atoms with Crippen molar-refractivity contribution in [1.29, 1.82) is 5.26 Å². The van der Waals surface area contributed by atoms with E-state index < -0.39 is 28.7 Å². The van der Waals surface area contributed by atoms with Crippen LogP contribution in [0.15, 0.2) is 36.4 Å². The molecular formula is C25H24F4N4OS. The molecule has 0 bridgehead atoms. The molecule has 2 aromatic rings. The number of amides is 1. The summed E-state index contributed by atoms with van der Waals surface area (Å²) in [7, 11) is 1.60. The number of thiocarbonyl (C=S) groups is 1. The number of carbonyl (C=O) groups excluding carboxylic acids is 1. The number of benzene rings is 2. The molecule has 10 heteroatoms. The summed E-state index contributed by atoms with van der Waals surface area (Å²) in [6.07, 6.45) is -0.641. The van der Waals surface area contributed by atoms with Crippen LogP contribution in [-0.2, 0) is 17.4 Å². The maximum Gasteiger partial charge on any atom is 0.420 e. The molecule has 1 saturated heterocycles. The van der Waals surface area contributed by atoms with Gasteiger partial charge in [-0.15, -0.1) is 0 Å². The molecule has 5 nitrogen and oxygen atoms in total. The maximum atomic E-state index is 15.2. The molecular weight excluding hydrogens is 480 g/mol. The highest BCUT2D eigenvalue weighted by atomic mass is 32.1. The molecule has 2 aliphatic rings. The topological polar surface area (TPSA) is 59.4 Å². The summed E-state index contributed by atoms with van der Waals surface area (Å²) in [4.78, 5) is 14.8. The van der Waals surface area contributed by atoms with E-state index >= 15 is 4.39 Å². The van der Waals surface area contributed by atoms with Crippen LogP contribution in [0.25, 0.3) is 0 Å². The van der Waals surface area contributed by atoms with Gasteiger partial charge < -0.3 is 15.1 Å². The summed E-state index contributed by atoms with van der Waals surface area (Å²) in [5.41, 5.74) is -1.18. The molecule has 2 aromatic carbocycles. The summed E-state index contributed by atoms with van der Waals surface area (Å²) in [5.74, 6) is -1.50. The number of hydrogen-bond donors (Lipinski definition) is 1. The van der Waals surface area contributed by atoms with Gasteiger partial charge in [0.15, 0.2) is 10.9 Å². The van der Waals surface area contributed by atoms with Crippen LogP contribution in [0.4, 0.5) is 28.9 Å². The number of carbonyl (C=O) groups is 1. The number of nitrogens with one attached hydrogen (secondary N) is 1. The molecule has 1 amide bonds. The zero-order chi connectivity index (χ0) is 25.4. The highest BCUT2D eigenvalue weighted by Crippen LogP contribution is 2.48. The SMILES string of the molecule is CNC(=O)CCCc1ccc(N2C(=S)N(c3ccc(C#N)c(C(F)(F)F)c3F)CC23CCC3)cc1. The van der Waals surface area contributed by atoms with E-state index in [0.717, 1.165) is 43.0 Å². The van der Waals surface area contributed by atoms with Crippen molar-refractivity contribution in [3.63, 3.8) is 0 Å². The molecule has 0 unspecified atom stereocenters. The van der Waals surface area contributed by atoms with E-state index in [2.05, 4.69) is 5.32 Å². The number of nitrogens with zero attached hydrogens (tertiary/aromatic N) is 3. The van der Waals surface area contributed by atoms with Crippen molar-refractivity contribution < 1.29 is 22.4 Å². The Morgan fingerprint density at radius 1 is 1.20 bits per heavy atom. The molecule has 184 valence electrons. The van der Waals surface area contributed by atoms with Gasteiger partial charge in [0.25, 0.3) is 0 Å². The second-order valence-corrected chi connectivity index (χ2v) is 9.27. The Bertz CT molecular complexity index is 1190. The summed E-state index contributed by atoms with van der Waals surface area (Å²) in [6.45, 7) is 0.264. The zero-order valence-electron chi connectivity index (χ0n) is 19.1. The summed E-state index contributed by atoms with van der Waals surface area (Å²) < 4.78 is 55.8. The van der Waals surface area contributed by atoms with Gasteiger partial charge in [-0.3, -0.25) is 4.79 Å². The maximum absolute atomic E-state index is 15.2. The van der Waals surface area contributed by atoms with Gasteiger partial charge in [0.05, 0.1) is 22.9 Å². The first-order valence-electron chi connectivity index (χ1n) is 11.3. The lowest BCUT2D eigenvalue weighted by molar-refractivity contribution is -0.140. The molecule has 0 atom stereocenters. The lowest BCUT2D eigenvalue weighted by Crippen LogP contribution is -2.52. The lowest BCUT2D eigenvalue weighted by Gasteiger charge is -2.45. The predicted molar refractivity (Wildman–Crippen MR) is 129 cm³/mol. The first-order valence-corrected chi connectivity index (χ1v) is 11.7. The van der Waals surface area contributed by atoms with Crippen molar-refractivity contribution in [3.8, 4) is 6.07 Å². The normalized spacial score (nSPS) is 16.9. The third-order valence-corrected chi connectivity index (χ3v) is 7.20. The number of halogens is 4. The van der Waals surface area contributed by atoms with Crippen LogP contribution in [0, 0.1) is 17.1 Å². The smallest absolute Gasteiger partial charge is 0.359 e. The fraction of sp³-hybridized carbons (Fsp3) is 0.400. The Morgan fingerprint density at radius 3 is 2.43 bits per heavy atom. The Labute approximate surface area is 206 Å². The minimum absolute atomic E-state index is 0.0141. The van der Waals surface area contributed by atoms with Crippen molar-refractivity contribution in [2.45, 2.75) is 50.2 Å². The van der Waals surface area contributed by atoms with Gasteiger partial charge in [0.1, 0.15) is 5.56 Å². The molecule has 1 aliphatic heterocycles. The van der Waals surface area contributed by atoms with E-state index in [1.54, 1.807) is 7.05 Å². The fourth-order valence-electron chi connectivity index (χ4n) is 4.83. The van der Waals surface area contributed by atoms with E-state index in [1.165, 1.54) is 17.0 Å². The molecule has 1 aliphatic carbocycles. The van der Waals surface area contributed by atoms with Gasteiger partial charge in [-0.2, -0.15) is 18.4 Å². The minimum atomic E-state index is -5.01. The van der Waals surface area contributed by atoms with Crippen LogP contribution in [0.3, 0.4) is 0 Å². The molecule has 1 N–H and O–H groups in total. The average Bonchev–Trinajstić information content (AvgIpc) is 3.11. The van der Waals surface area contributed by atoms with E-state index in [-0.39, 0.29) is 23.3 Å². The van der Waals surface area contributed by atoms with Crippen LogP contribution < -0.4 is 15.1 Å². The van der Waals surface area contributed by atoms with E-state index in [1.807, 2.05) is 29.2 Å². The first kappa shape index (κ1) is 24.9. The lowest BCUT2D eigenvalue weighted by atomic mass is 9.76. The van der Waals surface area contributed by atoms with Crippen molar-refractivity contribution >= 4 is 34.6 Å². The van der Waals surface area contributed by atoms with E-state index in [4.69, 9.17) is 17.5 Å². The van der Waals surface area contributed by atoms with Crippen LogP contribution >= 0.6 is 12.2 Å². The van der Waals surface area contributed by atoms with Gasteiger partial charge in [0, 0.05) is 25.7 Å². The predicted octanol–water partition coefficient (Wildman–Crippen LogP) is 5.32. The quantitative estimate of drug-likeness (QED) is 0.426. The van der Waals surface area contributed by atoms with E-state index in [9.17, 15) is 18.0 Å². The molecule has 1 saturated carbocycles. The van der Waals surface area contributed by atoms with E-state index in [0.29, 0.717) is 12.8 Å². The van der Waals surface area contributed by atoms with Crippen LogP contribution in [0.2, 0.25) is 0 Å². The van der Waals surface area contributed by atoms with Crippen molar-refractivity contribution in [2.24, 2.45) is 0 Å². The number of alkyl halides is 3. The van der Waals surface area contributed by atoms with Crippen LogP contribution in [0.5, 0.6) is 0 Å². The monoisotopic (exact) mass is 504 g/mol. The van der Waals surface area contributed by atoms with Gasteiger partial charge in [-0.05, 0) is 74.2 Å². The molecule has 2 fully saturated rings. The first-order chi connectivity index (χ1) is 16.6. The number of nitriles is 1. The van der Waals surface area contributed by atoms with Gasteiger partial charge in [-0.1, -0.05) is 12.1 Å². The van der Waals surface area contributed by atoms with Crippen molar-refractivity contribution in [2.75, 3.05) is 23.4 Å². The third-order valence-electron chi connectivity index (χ3n) is 6.79. The van der Waals surface area contributed by atoms with Crippen molar-refractivity contribution in [3.05, 3.63) is 58.9 Å². The molecule has 4 rings (SSSR count). The Kier molecular flexibility index (Phi) is 6.73. The van der Waals surface area contributed by atoms with Crippen molar-refractivity contribution in [1.82, 2.24) is 5.32 Å². The van der Waals surface area contributed by atoms with Crippen LogP contribution in [0.1, 0.15) is 48.8 Å². The highest BCUT2D eigenvalue weighted by Gasteiger charge is 2.53. The third kappa shape index (κ3) is 4.57. The molecule has 1 spiro atoms. The molecule has 0 radical (unpaired) electrons. The molecule has 0 aromatic heterocycles. The number of hydrogen-bond acceptors (Lipinski definition) is 3. The van der Waals surface area contributed by atoms with Gasteiger partial charge in [-0.25, -0.2) is 4.39 Å². The summed E-state index contributed by atoms with van der Waals surface area (Å²) in [6, 6.07) is 11.3. The number of anilines is 2. The Hall–Kier alpha value is -3.19. The fourth-order valence-corrected chi connectivity index (χ4v) is 5.29. The minimum Gasteiger partial charge on any atom is -0.359 e. The highest BCUT2D eigenvalue weighted by molar-refractivity contribution is 7.80. The zero-order valence-corrected chi connectivity index (χ0v) is 19.9. The Morgan fingerprint density at radius 2 is 1.89 bits per heavy atom. The molecule has 1 heterocycles. The number of rotatable bonds is 6. The second-order valence-electron chi connectivity index (χ2n) is 8.91. The average molecular weight is 505 g/mol. The number of aryl methyl sites for hydroxylation is 1. The van der Waals surface area contributed by atoms with Gasteiger partial charge >= 0.3 is 6.18 Å². The standard InChI is InChI=1S/C25H24F4N4OS/c1-31-20(34)5-2-4-16-6-9-18(10-7-16)33-23(35)32(15-24(33)12-3-13-24)19-11-8-17(14-30)21(22(19)26)25(27,28)29/h6-11H,2-5,12-13,15H2,1H3,(H,31,34). The van der Waals surface area contributed by atoms with Crippen LogP contribution in [-0.4, -0.2) is 30.2 Å². The summed E-state index contributed by atoms with van der Waals surface area (Å²) >= 11 is 5.67. The molecule has 35 heavy (non-hydrogen) atoms. The largest absolute Gasteiger partial charge is 0.420 e. The second kappa shape index (κ2) is 9.46. The summed E-state index contributed by atoms with van der Waals surface area (Å²) in [5, 5.41) is 11.9. The van der Waals surface area contributed by atoms with Gasteiger partial charge in [0.2, 0.25) is 5.91 Å².